The van der Waals surface area contributed by atoms with Crippen LogP contribution in [0, 0.1) is 0 Å². The highest BCUT2D eigenvalue weighted by Crippen LogP contribution is 2.38. The molecular weight excluding hydrogens is 454 g/mol. The van der Waals surface area contributed by atoms with Gasteiger partial charge in [-0.05, 0) is 43.5 Å². The molecule has 0 aliphatic heterocycles. The van der Waals surface area contributed by atoms with Crippen LogP contribution in [0.25, 0.3) is 0 Å². The van der Waals surface area contributed by atoms with E-state index in [0.717, 1.165) is 32.0 Å². The molecule has 1 heterocycles. The fourth-order valence-electron chi connectivity index (χ4n) is 2.18. The molecule has 0 bridgehead atoms. The van der Waals surface area contributed by atoms with Gasteiger partial charge in [0.1, 0.15) is 21.2 Å². The summed E-state index contributed by atoms with van der Waals surface area (Å²) < 4.78 is 56.5. The molecule has 13 heteroatoms. The van der Waals surface area contributed by atoms with E-state index in [4.69, 9.17) is 17.3 Å². The lowest BCUT2D eigenvalue weighted by Crippen LogP contribution is -2.48. The molecule has 1 aromatic carbocycles. The molecule has 0 spiro atoms. The summed E-state index contributed by atoms with van der Waals surface area (Å²) >= 11 is 6.48. The van der Waals surface area contributed by atoms with Gasteiger partial charge < -0.3 is 15.6 Å². The number of nitrogens with zero attached hydrogens (tertiary/aromatic N) is 1. The number of alkyl halides is 2. The Hall–Kier alpha value is -2.28. The van der Waals surface area contributed by atoms with E-state index in [1.165, 1.54) is 11.4 Å². The van der Waals surface area contributed by atoms with Gasteiger partial charge in [0.05, 0.1) is 5.56 Å². The van der Waals surface area contributed by atoms with E-state index in [9.17, 15) is 31.9 Å². The number of benzene rings is 1. The Balaban J connectivity index is 2.81. The molecule has 158 valence electrons. The van der Waals surface area contributed by atoms with Gasteiger partial charge in [0, 0.05) is 5.02 Å². The van der Waals surface area contributed by atoms with E-state index in [1.807, 2.05) is 0 Å². The van der Waals surface area contributed by atoms with Crippen molar-refractivity contribution in [3.63, 3.8) is 0 Å². The van der Waals surface area contributed by atoms with E-state index in [1.54, 1.807) is 0 Å². The number of hydrogen-bond donors (Lipinski definition) is 2. The average Bonchev–Trinajstić information content (AvgIpc) is 3.04. The van der Waals surface area contributed by atoms with E-state index < -0.39 is 49.7 Å². The standard InChI is InChI=1S/C16H15ClF2N2O6S2/c1-16(2,24)14(23)21(13-9(12(20)22)5-6-28-13)29(25,26)11-7-8(17)3-4-10(11)27-15(18)19/h3-7,15,24H,1-2H3,(H2,20,22). The fourth-order valence-corrected chi connectivity index (χ4v) is 5.25. The van der Waals surface area contributed by atoms with E-state index in [2.05, 4.69) is 4.74 Å². The second-order valence-corrected chi connectivity index (χ2v) is 9.19. The summed E-state index contributed by atoms with van der Waals surface area (Å²) in [6, 6.07) is 3.98. The molecule has 3 N–H and O–H groups in total. The Bertz CT molecular complexity index is 1050. The number of amides is 2. The van der Waals surface area contributed by atoms with E-state index >= 15 is 0 Å². The van der Waals surface area contributed by atoms with Crippen molar-refractivity contribution in [3.8, 4) is 5.75 Å². The predicted molar refractivity (Wildman–Crippen MR) is 102 cm³/mol. The summed E-state index contributed by atoms with van der Waals surface area (Å²) in [5.74, 6) is -3.18. The highest BCUT2D eigenvalue weighted by atomic mass is 35.5. The molecule has 8 nitrogen and oxygen atoms in total. The molecule has 1 aromatic heterocycles. The molecule has 0 saturated carbocycles. The zero-order valence-corrected chi connectivity index (χ0v) is 17.3. The van der Waals surface area contributed by atoms with Crippen LogP contribution in [0.15, 0.2) is 34.5 Å². The van der Waals surface area contributed by atoms with Crippen molar-refractivity contribution in [3.05, 3.63) is 40.2 Å². The van der Waals surface area contributed by atoms with E-state index in [-0.39, 0.29) is 14.9 Å². The molecule has 0 atom stereocenters. The first kappa shape index (κ1) is 23.0. The molecule has 0 unspecified atom stereocenters. The Morgan fingerprint density at radius 3 is 2.45 bits per heavy atom. The summed E-state index contributed by atoms with van der Waals surface area (Å²) in [6.45, 7) is -1.33. The Morgan fingerprint density at radius 2 is 1.93 bits per heavy atom. The lowest BCUT2D eigenvalue weighted by molar-refractivity contribution is -0.132. The van der Waals surface area contributed by atoms with Crippen LogP contribution >= 0.6 is 22.9 Å². The van der Waals surface area contributed by atoms with E-state index in [0.29, 0.717) is 11.3 Å². The number of sulfonamides is 1. The number of nitrogens with two attached hydrogens (primary N) is 1. The molecule has 2 aromatic rings. The molecule has 2 rings (SSSR count). The lowest BCUT2D eigenvalue weighted by atomic mass is 10.1. The summed E-state index contributed by atoms with van der Waals surface area (Å²) in [6.07, 6.45) is 0. The third-order valence-electron chi connectivity index (χ3n) is 3.44. The highest BCUT2D eigenvalue weighted by Gasteiger charge is 2.42. The van der Waals surface area contributed by atoms with Gasteiger partial charge in [0.25, 0.3) is 21.8 Å². The number of hydrogen-bond acceptors (Lipinski definition) is 7. The van der Waals surface area contributed by atoms with Crippen LogP contribution in [0.5, 0.6) is 5.75 Å². The molecule has 0 aliphatic carbocycles. The first-order valence-electron chi connectivity index (χ1n) is 7.70. The van der Waals surface area contributed by atoms with Gasteiger partial charge in [0.2, 0.25) is 0 Å². The average molecular weight is 469 g/mol. The number of halogens is 3. The van der Waals surface area contributed by atoms with Crippen LogP contribution in [0.3, 0.4) is 0 Å². The van der Waals surface area contributed by atoms with Gasteiger partial charge in [-0.25, -0.2) is 8.42 Å². The Labute approximate surface area is 173 Å². The number of carbonyl (C=O) groups excluding carboxylic acids is 2. The maximum Gasteiger partial charge on any atom is 0.387 e. The van der Waals surface area contributed by atoms with Crippen molar-refractivity contribution in [1.29, 1.82) is 0 Å². The smallest absolute Gasteiger partial charge is 0.387 e. The number of ether oxygens (including phenoxy) is 1. The molecule has 0 fully saturated rings. The fraction of sp³-hybridized carbons (Fsp3) is 0.250. The Morgan fingerprint density at radius 1 is 1.31 bits per heavy atom. The highest BCUT2D eigenvalue weighted by molar-refractivity contribution is 7.94. The minimum Gasteiger partial charge on any atom is -0.433 e. The zero-order chi connectivity index (χ0) is 22.1. The van der Waals surface area contributed by atoms with Crippen molar-refractivity contribution < 1.29 is 36.6 Å². The maximum atomic E-state index is 13.3. The van der Waals surface area contributed by atoms with Gasteiger partial charge >= 0.3 is 6.61 Å². The van der Waals surface area contributed by atoms with Crippen LogP contribution in [0.1, 0.15) is 24.2 Å². The number of rotatable bonds is 7. The Kier molecular flexibility index (Phi) is 6.52. The second kappa shape index (κ2) is 8.22. The normalized spacial score (nSPS) is 12.1. The zero-order valence-electron chi connectivity index (χ0n) is 14.9. The SMILES string of the molecule is CC(C)(O)C(=O)N(c1sccc1C(N)=O)S(=O)(=O)c1cc(Cl)ccc1OC(F)F. The van der Waals surface area contributed by atoms with Crippen LogP contribution < -0.4 is 14.8 Å². The van der Waals surface area contributed by atoms with Crippen LogP contribution in [-0.4, -0.2) is 37.6 Å². The molecule has 0 radical (unpaired) electrons. The van der Waals surface area contributed by atoms with Crippen molar-refractivity contribution >= 4 is 49.8 Å². The largest absolute Gasteiger partial charge is 0.433 e. The third kappa shape index (κ3) is 4.83. The van der Waals surface area contributed by atoms with Crippen LogP contribution in [0.2, 0.25) is 5.02 Å². The quantitative estimate of drug-likeness (QED) is 0.643. The summed E-state index contributed by atoms with van der Waals surface area (Å²) in [7, 11) is -4.98. The summed E-state index contributed by atoms with van der Waals surface area (Å²) in [4.78, 5) is 23.6. The van der Waals surface area contributed by atoms with Crippen LogP contribution in [-0.2, 0) is 14.8 Å². The van der Waals surface area contributed by atoms with Crippen molar-refractivity contribution in [2.24, 2.45) is 5.73 Å². The van der Waals surface area contributed by atoms with Crippen molar-refractivity contribution in [2.45, 2.75) is 31.0 Å². The maximum absolute atomic E-state index is 13.3. The van der Waals surface area contributed by atoms with Gasteiger partial charge in [-0.3, -0.25) is 9.59 Å². The number of primary amides is 1. The topological polar surface area (TPSA) is 127 Å². The predicted octanol–water partition coefficient (Wildman–Crippen LogP) is 2.59. The van der Waals surface area contributed by atoms with Gasteiger partial charge in [-0.2, -0.15) is 13.1 Å². The first-order chi connectivity index (χ1) is 13.3. The monoisotopic (exact) mass is 468 g/mol. The minimum absolute atomic E-state index is 0.127. The van der Waals surface area contributed by atoms with Crippen molar-refractivity contribution in [2.75, 3.05) is 4.31 Å². The number of anilines is 1. The minimum atomic E-state index is -4.98. The second-order valence-electron chi connectivity index (χ2n) is 6.11. The van der Waals surface area contributed by atoms with Gasteiger partial charge in [-0.15, -0.1) is 11.3 Å². The van der Waals surface area contributed by atoms with Crippen LogP contribution in [0.4, 0.5) is 13.8 Å². The number of thiophene rings is 1. The number of aliphatic hydroxyl groups is 1. The molecular formula is C16H15ClF2N2O6S2. The molecule has 29 heavy (non-hydrogen) atoms. The van der Waals surface area contributed by atoms with Gasteiger partial charge in [0.15, 0.2) is 0 Å². The summed E-state index contributed by atoms with van der Waals surface area (Å²) in [5.41, 5.74) is 2.70. The third-order valence-corrected chi connectivity index (χ3v) is 6.40. The molecule has 0 aliphatic rings. The van der Waals surface area contributed by atoms with Gasteiger partial charge in [-0.1, -0.05) is 11.6 Å². The molecule has 2 amide bonds. The lowest BCUT2D eigenvalue weighted by Gasteiger charge is -2.28. The summed E-state index contributed by atoms with van der Waals surface area (Å²) in [5, 5.41) is 10.8. The first-order valence-corrected chi connectivity index (χ1v) is 10.4. The van der Waals surface area contributed by atoms with Crippen molar-refractivity contribution in [1.82, 2.24) is 0 Å². The molecule has 0 saturated heterocycles. The number of carbonyl (C=O) groups is 2.